The van der Waals surface area contributed by atoms with Gasteiger partial charge in [0.25, 0.3) is 0 Å². The van der Waals surface area contributed by atoms with Crippen molar-refractivity contribution in [3.05, 3.63) is 131 Å². The summed E-state index contributed by atoms with van der Waals surface area (Å²) < 4.78 is 0. The lowest BCUT2D eigenvalue weighted by Crippen LogP contribution is -2.10. The zero-order valence-electron chi connectivity index (χ0n) is 28.5. The molecule has 48 heavy (non-hydrogen) atoms. The maximum Gasteiger partial charge on any atom is 0.310 e. The Bertz CT molecular complexity index is 1420. The maximum absolute atomic E-state index is 10.8. The van der Waals surface area contributed by atoms with Gasteiger partial charge in [-0.15, -0.1) is 0 Å². The SMILES string of the molecule is CC(C)Cc1ccc([C@@H](C)C(=O)O)cc1.CC(C)Cc1ccc([C@H](C)C(=O)O)cc1.NC(=O)c1cccnc1.NC(=O)c1cccnc1. The maximum atomic E-state index is 10.8. The first-order valence-electron chi connectivity index (χ1n) is 15.6. The van der Waals surface area contributed by atoms with Gasteiger partial charge < -0.3 is 21.7 Å². The van der Waals surface area contributed by atoms with Gasteiger partial charge in [0, 0.05) is 24.8 Å². The predicted molar refractivity (Wildman–Crippen MR) is 188 cm³/mol. The number of carboxylic acids is 2. The topological polar surface area (TPSA) is 187 Å². The van der Waals surface area contributed by atoms with Gasteiger partial charge in [-0.05, 0) is 85.0 Å². The molecule has 0 aliphatic rings. The van der Waals surface area contributed by atoms with Crippen LogP contribution < -0.4 is 11.5 Å². The Morgan fingerprint density at radius 2 is 0.875 bits per heavy atom. The molecule has 0 saturated heterocycles. The molecule has 0 unspecified atom stereocenters. The van der Waals surface area contributed by atoms with Gasteiger partial charge in [-0.3, -0.25) is 29.1 Å². The molecule has 0 bridgehead atoms. The van der Waals surface area contributed by atoms with Crippen LogP contribution in [-0.2, 0) is 22.4 Å². The van der Waals surface area contributed by atoms with Crippen LogP contribution in [0.15, 0.2) is 97.6 Å². The largest absolute Gasteiger partial charge is 0.481 e. The Hall–Kier alpha value is -5.38. The molecular formula is C38H48N4O6. The summed E-state index contributed by atoms with van der Waals surface area (Å²) in [6, 6.07) is 22.3. The number of rotatable bonds is 10. The Labute approximate surface area is 283 Å². The van der Waals surface area contributed by atoms with Crippen LogP contribution in [0.25, 0.3) is 0 Å². The zero-order valence-corrected chi connectivity index (χ0v) is 28.5. The van der Waals surface area contributed by atoms with Crippen LogP contribution in [0.4, 0.5) is 0 Å². The molecular weight excluding hydrogens is 608 g/mol. The number of aliphatic carboxylic acids is 2. The molecule has 0 aliphatic heterocycles. The number of primary amides is 2. The molecule has 2 heterocycles. The number of carbonyl (C=O) groups excluding carboxylic acids is 2. The lowest BCUT2D eigenvalue weighted by atomic mass is 9.97. The van der Waals surface area contributed by atoms with E-state index in [2.05, 4.69) is 37.7 Å². The molecule has 0 fully saturated rings. The van der Waals surface area contributed by atoms with E-state index in [1.807, 2.05) is 48.5 Å². The number of aromatic nitrogens is 2. The summed E-state index contributed by atoms with van der Waals surface area (Å²) >= 11 is 0. The van der Waals surface area contributed by atoms with E-state index in [9.17, 15) is 19.2 Å². The summed E-state index contributed by atoms with van der Waals surface area (Å²) in [4.78, 5) is 49.7. The van der Waals surface area contributed by atoms with Crippen LogP contribution in [-0.4, -0.2) is 43.9 Å². The van der Waals surface area contributed by atoms with Crippen LogP contribution in [0.5, 0.6) is 0 Å². The normalized spacial score (nSPS) is 11.3. The summed E-state index contributed by atoms with van der Waals surface area (Å²) in [5.41, 5.74) is 15.0. The Morgan fingerprint density at radius 3 is 1.06 bits per heavy atom. The lowest BCUT2D eigenvalue weighted by Gasteiger charge is -2.09. The fourth-order valence-electron chi connectivity index (χ4n) is 4.13. The van der Waals surface area contributed by atoms with E-state index in [0.717, 1.165) is 24.0 Å². The van der Waals surface area contributed by atoms with Crippen molar-refractivity contribution in [1.29, 1.82) is 0 Å². The molecule has 0 radical (unpaired) electrons. The van der Waals surface area contributed by atoms with Gasteiger partial charge in [0.15, 0.2) is 0 Å². The third-order valence-electron chi connectivity index (χ3n) is 6.88. The minimum atomic E-state index is -0.772. The molecule has 4 rings (SSSR count). The molecule has 2 atom stereocenters. The van der Waals surface area contributed by atoms with E-state index in [4.69, 9.17) is 21.7 Å². The number of benzene rings is 2. The lowest BCUT2D eigenvalue weighted by molar-refractivity contribution is -0.139. The molecule has 2 aromatic heterocycles. The Morgan fingerprint density at radius 1 is 0.562 bits per heavy atom. The molecule has 0 saturated carbocycles. The van der Waals surface area contributed by atoms with Gasteiger partial charge in [0.1, 0.15) is 0 Å². The molecule has 2 amide bonds. The molecule has 4 aromatic rings. The second-order valence-corrected chi connectivity index (χ2v) is 12.0. The van der Waals surface area contributed by atoms with Gasteiger partial charge in [0.2, 0.25) is 11.8 Å². The van der Waals surface area contributed by atoms with Crippen molar-refractivity contribution < 1.29 is 29.4 Å². The summed E-state index contributed by atoms with van der Waals surface area (Å²) in [6.45, 7) is 12.1. The van der Waals surface area contributed by atoms with Gasteiger partial charge in [-0.2, -0.15) is 0 Å². The first-order valence-corrected chi connectivity index (χ1v) is 15.6. The third-order valence-corrected chi connectivity index (χ3v) is 6.88. The van der Waals surface area contributed by atoms with E-state index in [-0.39, 0.29) is 0 Å². The van der Waals surface area contributed by atoms with Crippen LogP contribution in [0.3, 0.4) is 0 Å². The smallest absolute Gasteiger partial charge is 0.310 e. The number of nitrogens with two attached hydrogens (primary N) is 2. The molecule has 10 heteroatoms. The summed E-state index contributed by atoms with van der Waals surface area (Å²) in [5, 5.41) is 17.7. The van der Waals surface area contributed by atoms with Crippen molar-refractivity contribution in [2.45, 2.75) is 66.2 Å². The highest BCUT2D eigenvalue weighted by molar-refractivity contribution is 5.92. The van der Waals surface area contributed by atoms with Crippen LogP contribution in [0, 0.1) is 11.8 Å². The second kappa shape index (κ2) is 21.4. The molecule has 2 aromatic carbocycles. The van der Waals surface area contributed by atoms with Gasteiger partial charge in [-0.1, -0.05) is 76.2 Å². The molecule has 0 spiro atoms. The van der Waals surface area contributed by atoms with E-state index < -0.39 is 35.6 Å². The first-order chi connectivity index (χ1) is 22.6. The summed E-state index contributed by atoms with van der Waals surface area (Å²) in [6.07, 6.45) is 8.13. The minimum Gasteiger partial charge on any atom is -0.481 e. The fourth-order valence-corrected chi connectivity index (χ4v) is 4.13. The number of carbonyl (C=O) groups is 4. The summed E-state index contributed by atoms with van der Waals surface area (Å²) in [7, 11) is 0. The van der Waals surface area contributed by atoms with E-state index in [1.165, 1.54) is 23.5 Å². The van der Waals surface area contributed by atoms with Gasteiger partial charge in [0.05, 0.1) is 23.0 Å². The minimum absolute atomic E-state index is 0.418. The number of nitrogens with zero attached hydrogens (tertiary/aromatic N) is 2. The van der Waals surface area contributed by atoms with Crippen molar-refractivity contribution in [3.63, 3.8) is 0 Å². The number of carboxylic acid groups (broad SMARTS) is 2. The van der Waals surface area contributed by atoms with E-state index >= 15 is 0 Å². The number of pyridine rings is 2. The van der Waals surface area contributed by atoms with Crippen molar-refractivity contribution in [2.75, 3.05) is 0 Å². The molecule has 256 valence electrons. The van der Waals surface area contributed by atoms with Crippen LogP contribution in [0.1, 0.15) is 96.3 Å². The highest BCUT2D eigenvalue weighted by Crippen LogP contribution is 2.18. The van der Waals surface area contributed by atoms with E-state index in [0.29, 0.717) is 23.0 Å². The highest BCUT2D eigenvalue weighted by atomic mass is 16.4. The Kier molecular flexibility index (Phi) is 18.1. The number of amides is 2. The van der Waals surface area contributed by atoms with Crippen molar-refractivity contribution in [1.82, 2.24) is 9.97 Å². The monoisotopic (exact) mass is 656 g/mol. The van der Waals surface area contributed by atoms with Crippen molar-refractivity contribution in [2.24, 2.45) is 23.3 Å². The third kappa shape index (κ3) is 16.3. The zero-order chi connectivity index (χ0) is 36.2. The molecule has 10 nitrogen and oxygen atoms in total. The van der Waals surface area contributed by atoms with Crippen molar-refractivity contribution in [3.8, 4) is 0 Å². The second-order valence-electron chi connectivity index (χ2n) is 12.0. The number of hydrogen-bond acceptors (Lipinski definition) is 6. The van der Waals surface area contributed by atoms with Crippen LogP contribution in [0.2, 0.25) is 0 Å². The average Bonchev–Trinajstić information content (AvgIpc) is 3.06. The Balaban J connectivity index is 0.000000329. The first kappa shape index (κ1) is 40.6. The fraction of sp³-hybridized carbons (Fsp3) is 0.316. The average molecular weight is 657 g/mol. The standard InChI is InChI=1S/2C13H18O2.2C6H6N2O/c2*1-9(2)8-11-4-6-12(7-5-11)10(3)13(14)15;2*7-6(9)5-2-1-3-8-4-5/h2*4-7,9-10H,8H2,1-3H3,(H,14,15);2*1-4H,(H2,7,9)/t2*10-;;/m10../s1. The quantitative estimate of drug-likeness (QED) is 0.149. The summed E-state index contributed by atoms with van der Waals surface area (Å²) in [5.74, 6) is -2.00. The van der Waals surface area contributed by atoms with Crippen LogP contribution >= 0.6 is 0 Å². The predicted octanol–water partition coefficient (Wildman–Crippen LogP) is 6.51. The van der Waals surface area contributed by atoms with E-state index in [1.54, 1.807) is 50.5 Å². The highest BCUT2D eigenvalue weighted by Gasteiger charge is 2.14. The molecule has 6 N–H and O–H groups in total. The molecule has 0 aliphatic carbocycles. The van der Waals surface area contributed by atoms with Gasteiger partial charge in [-0.25, -0.2) is 0 Å². The van der Waals surface area contributed by atoms with Gasteiger partial charge >= 0.3 is 11.9 Å². The van der Waals surface area contributed by atoms with Crippen molar-refractivity contribution >= 4 is 23.8 Å². The number of hydrogen-bond donors (Lipinski definition) is 4.